The maximum atomic E-state index is 6.78. The molecule has 0 atom stereocenters. The van der Waals surface area contributed by atoms with Crippen LogP contribution in [0.4, 0.5) is 0 Å². The van der Waals surface area contributed by atoms with Gasteiger partial charge in [-0.05, 0) is 85.7 Å². The molecule has 0 aliphatic carbocycles. The van der Waals surface area contributed by atoms with Crippen LogP contribution >= 0.6 is 10.0 Å². The SMILES string of the molecule is c1ccc(-n2c3ccccc3c3cccc(B4c5ccccc5S5(c6ccccc6B6c7ccccc7Oc7cccc5c76)c5ccccc54)c32)cc1. The van der Waals surface area contributed by atoms with Gasteiger partial charge < -0.3 is 9.30 Å². The van der Waals surface area contributed by atoms with Crippen LogP contribution < -0.4 is 37.5 Å². The van der Waals surface area contributed by atoms with Crippen LogP contribution in [0.1, 0.15) is 0 Å². The number of ether oxygens (including phenoxy) is 1. The molecule has 1 spiro atoms. The largest absolute Gasteiger partial charge is 0.458 e. The summed E-state index contributed by atoms with van der Waals surface area (Å²) >= 11 is 0. The van der Waals surface area contributed by atoms with Crippen molar-refractivity contribution in [3.63, 3.8) is 0 Å². The smallest absolute Gasteiger partial charge is 0.253 e. The fraction of sp³-hybridized carbons (Fsp3) is 0. The zero-order valence-electron chi connectivity index (χ0n) is 28.8. The molecule has 246 valence electrons. The molecule has 3 aliphatic heterocycles. The lowest BCUT2D eigenvalue weighted by atomic mass is 9.35. The number of hydrogen-bond acceptors (Lipinski definition) is 1. The fourth-order valence-corrected chi connectivity index (χ4v) is 14.6. The third-order valence-corrected chi connectivity index (χ3v) is 15.9. The number of nitrogens with zero attached hydrogens (tertiary/aromatic N) is 1. The van der Waals surface area contributed by atoms with Crippen molar-refractivity contribution in [3.05, 3.63) is 188 Å². The molecule has 0 unspecified atom stereocenters. The van der Waals surface area contributed by atoms with Gasteiger partial charge in [-0.2, -0.15) is 0 Å². The van der Waals surface area contributed by atoms with E-state index < -0.39 is 10.0 Å². The Labute approximate surface area is 310 Å². The van der Waals surface area contributed by atoms with E-state index in [1.54, 1.807) is 0 Å². The lowest BCUT2D eigenvalue weighted by Crippen LogP contribution is -2.62. The lowest BCUT2D eigenvalue weighted by molar-refractivity contribution is 0.486. The molecule has 0 N–H and O–H groups in total. The number of hydrogen-bond donors (Lipinski definition) is 0. The second kappa shape index (κ2) is 10.9. The van der Waals surface area contributed by atoms with E-state index in [2.05, 4.69) is 193 Å². The Morgan fingerprint density at radius 2 is 0.887 bits per heavy atom. The normalized spacial score (nSPS) is 14.9. The summed E-state index contributed by atoms with van der Waals surface area (Å²) in [4.78, 5) is 5.66. The number of rotatable bonds is 2. The molecule has 0 radical (unpaired) electrons. The van der Waals surface area contributed by atoms with Crippen molar-refractivity contribution in [2.45, 2.75) is 19.6 Å². The molecule has 0 bridgehead atoms. The Kier molecular flexibility index (Phi) is 6.07. The van der Waals surface area contributed by atoms with E-state index in [0.717, 1.165) is 11.5 Å². The number of para-hydroxylation sites is 4. The molecular weight excluding hydrogens is 660 g/mol. The molecule has 5 heteroatoms. The van der Waals surface area contributed by atoms with Crippen LogP contribution in [0.25, 0.3) is 27.5 Å². The number of benzene rings is 8. The minimum absolute atomic E-state index is 0.0254. The standard InChI is InChI=1S/C48H31B2NOS/c1-2-16-32(17-3-1)51-40-25-9-4-18-33(40)34-19-14-24-39(48(34)51)49-36-21-6-11-28-43(36)53(44-29-12-7-22-37(44)49)45-30-13-8-23-38(45)50-35-20-5-10-26-41(35)52-42-27-15-31-46(53)47(42)50/h1-31H. The van der Waals surface area contributed by atoms with Crippen LogP contribution in [0.2, 0.25) is 0 Å². The van der Waals surface area contributed by atoms with Crippen LogP contribution in [0.5, 0.6) is 11.5 Å². The minimum Gasteiger partial charge on any atom is -0.458 e. The quantitative estimate of drug-likeness (QED) is 0.168. The van der Waals surface area contributed by atoms with Gasteiger partial charge in [-0.3, -0.25) is 0 Å². The van der Waals surface area contributed by atoms with Gasteiger partial charge in [0.2, 0.25) is 6.71 Å². The van der Waals surface area contributed by atoms with Crippen molar-refractivity contribution in [2.24, 2.45) is 0 Å². The first-order valence-electron chi connectivity index (χ1n) is 18.4. The van der Waals surface area contributed by atoms with Crippen molar-refractivity contribution in [1.82, 2.24) is 4.57 Å². The maximum absolute atomic E-state index is 6.78. The van der Waals surface area contributed by atoms with E-state index in [4.69, 9.17) is 4.74 Å². The van der Waals surface area contributed by atoms with Gasteiger partial charge in [0.05, 0.1) is 5.52 Å². The zero-order chi connectivity index (χ0) is 34.7. The van der Waals surface area contributed by atoms with Gasteiger partial charge in [-0.25, -0.2) is 0 Å². The molecule has 4 heterocycles. The van der Waals surface area contributed by atoms with Crippen LogP contribution in [0, 0.1) is 0 Å². The van der Waals surface area contributed by atoms with Crippen LogP contribution in [0.15, 0.2) is 208 Å². The van der Waals surface area contributed by atoms with Gasteiger partial charge in [-0.15, -0.1) is 10.0 Å². The molecule has 0 saturated carbocycles. The molecule has 53 heavy (non-hydrogen) atoms. The Morgan fingerprint density at radius 1 is 0.377 bits per heavy atom. The third-order valence-electron chi connectivity index (χ3n) is 11.8. The number of fused-ring (bicyclic) bond motifs is 13. The second-order valence-corrected chi connectivity index (χ2v) is 17.3. The summed E-state index contributed by atoms with van der Waals surface area (Å²) in [5.41, 5.74) is 11.7. The van der Waals surface area contributed by atoms with E-state index in [9.17, 15) is 0 Å². The van der Waals surface area contributed by atoms with Crippen molar-refractivity contribution in [1.29, 1.82) is 0 Å². The van der Waals surface area contributed by atoms with Gasteiger partial charge >= 0.3 is 0 Å². The summed E-state index contributed by atoms with van der Waals surface area (Å²) in [7, 11) is -1.94. The predicted molar refractivity (Wildman–Crippen MR) is 223 cm³/mol. The zero-order valence-corrected chi connectivity index (χ0v) is 29.6. The molecule has 0 fully saturated rings. The molecule has 12 rings (SSSR count). The molecule has 2 nitrogen and oxygen atoms in total. The summed E-state index contributed by atoms with van der Waals surface area (Å²) in [6.45, 7) is 0.130. The first kappa shape index (κ1) is 29.4. The average molecular weight is 691 g/mol. The van der Waals surface area contributed by atoms with Gasteiger partial charge in [0, 0.05) is 26.9 Å². The minimum atomic E-state index is -1.94. The number of aromatic nitrogens is 1. The lowest BCUT2D eigenvalue weighted by Gasteiger charge is -2.53. The Hall–Kier alpha value is -6.16. The van der Waals surface area contributed by atoms with Gasteiger partial charge in [0.1, 0.15) is 11.5 Å². The van der Waals surface area contributed by atoms with E-state index in [-0.39, 0.29) is 13.4 Å². The monoisotopic (exact) mass is 691 g/mol. The van der Waals surface area contributed by atoms with Crippen molar-refractivity contribution in [2.75, 3.05) is 0 Å². The molecular formula is C48H31B2NOS. The Bertz CT molecular complexity index is 2920. The second-order valence-electron chi connectivity index (χ2n) is 14.3. The van der Waals surface area contributed by atoms with Crippen molar-refractivity contribution in [3.8, 4) is 17.2 Å². The van der Waals surface area contributed by atoms with E-state index in [1.807, 2.05) is 0 Å². The highest BCUT2D eigenvalue weighted by atomic mass is 32.3. The summed E-state index contributed by atoms with van der Waals surface area (Å²) in [5.74, 6) is 1.93. The molecule has 3 aliphatic rings. The summed E-state index contributed by atoms with van der Waals surface area (Å²) in [6.07, 6.45) is 0. The molecule has 0 amide bonds. The van der Waals surface area contributed by atoms with Crippen molar-refractivity contribution >= 4 is 78.0 Å². The van der Waals surface area contributed by atoms with E-state index in [1.165, 1.54) is 79.9 Å². The highest BCUT2D eigenvalue weighted by molar-refractivity contribution is 8.34. The average Bonchev–Trinajstić information content (AvgIpc) is 3.57. The maximum Gasteiger partial charge on any atom is 0.253 e. The van der Waals surface area contributed by atoms with Gasteiger partial charge in [-0.1, -0.05) is 150 Å². The van der Waals surface area contributed by atoms with Gasteiger partial charge in [0.15, 0.2) is 0 Å². The molecule has 9 aromatic rings. The third kappa shape index (κ3) is 3.77. The van der Waals surface area contributed by atoms with E-state index >= 15 is 0 Å². The van der Waals surface area contributed by atoms with Crippen LogP contribution in [-0.2, 0) is 0 Å². The molecule has 1 aromatic heterocycles. The molecule has 8 aromatic carbocycles. The Morgan fingerprint density at radius 3 is 1.62 bits per heavy atom. The first-order chi connectivity index (χ1) is 26.3. The highest BCUT2D eigenvalue weighted by Gasteiger charge is 2.52. The summed E-state index contributed by atoms with van der Waals surface area (Å²) < 4.78 is 9.27. The fourth-order valence-electron chi connectivity index (χ4n) is 9.90. The summed E-state index contributed by atoms with van der Waals surface area (Å²) in [5, 5.41) is 2.56. The summed E-state index contributed by atoms with van der Waals surface area (Å²) in [6, 6.07) is 70.1. The predicted octanol–water partition coefficient (Wildman–Crippen LogP) is 7.89. The first-order valence-corrected chi connectivity index (χ1v) is 20.0. The van der Waals surface area contributed by atoms with Crippen LogP contribution in [0.3, 0.4) is 0 Å². The van der Waals surface area contributed by atoms with Gasteiger partial charge in [0.25, 0.3) is 6.71 Å². The highest BCUT2D eigenvalue weighted by Crippen LogP contribution is 2.74. The Balaban J connectivity index is 1.21. The van der Waals surface area contributed by atoms with Crippen LogP contribution in [-0.4, -0.2) is 18.0 Å². The topological polar surface area (TPSA) is 14.2 Å². The van der Waals surface area contributed by atoms with E-state index in [0.29, 0.717) is 0 Å². The molecule has 0 saturated heterocycles. The van der Waals surface area contributed by atoms with Crippen molar-refractivity contribution < 1.29 is 4.74 Å².